The first-order valence-corrected chi connectivity index (χ1v) is 12.0. The van der Waals surface area contributed by atoms with E-state index in [1.807, 2.05) is 43.3 Å². The molecule has 0 aromatic heterocycles. The van der Waals surface area contributed by atoms with E-state index in [0.29, 0.717) is 12.8 Å². The highest BCUT2D eigenvalue weighted by molar-refractivity contribution is 5.86. The molecule has 4 rings (SSSR count). The van der Waals surface area contributed by atoms with Crippen LogP contribution >= 0.6 is 0 Å². The Hall–Kier alpha value is -3.39. The fourth-order valence-corrected chi connectivity index (χ4v) is 5.09. The molecular formula is C27H32N2O6. The number of benzene rings is 2. The minimum absolute atomic E-state index is 0.0836. The minimum atomic E-state index is -0.910. The summed E-state index contributed by atoms with van der Waals surface area (Å²) in [4.78, 5) is 39.2. The van der Waals surface area contributed by atoms with E-state index in [1.54, 1.807) is 4.90 Å². The first-order chi connectivity index (χ1) is 16.9. The molecule has 1 saturated heterocycles. The summed E-state index contributed by atoms with van der Waals surface area (Å²) < 4.78 is 10.8. The van der Waals surface area contributed by atoms with Crippen molar-refractivity contribution in [3.05, 3.63) is 59.7 Å². The van der Waals surface area contributed by atoms with Gasteiger partial charge in [0.2, 0.25) is 5.91 Å². The number of piperidine rings is 1. The molecule has 3 unspecified atom stereocenters. The van der Waals surface area contributed by atoms with Crippen LogP contribution in [0.4, 0.5) is 4.79 Å². The number of carbonyl (C=O) groups is 3. The number of hydrogen-bond acceptors (Lipinski definition) is 5. The number of amides is 2. The lowest BCUT2D eigenvalue weighted by Gasteiger charge is -2.38. The molecule has 2 amide bonds. The number of methoxy groups -OCH3 is 1. The van der Waals surface area contributed by atoms with Gasteiger partial charge in [0, 0.05) is 38.6 Å². The van der Waals surface area contributed by atoms with Crippen LogP contribution in [0.2, 0.25) is 0 Å². The van der Waals surface area contributed by atoms with Crippen LogP contribution < -0.4 is 5.32 Å². The Bertz CT molecular complexity index is 1040. The van der Waals surface area contributed by atoms with Crippen LogP contribution in [0.5, 0.6) is 0 Å². The maximum absolute atomic E-state index is 13.3. The van der Waals surface area contributed by atoms with Gasteiger partial charge in [-0.1, -0.05) is 48.5 Å². The van der Waals surface area contributed by atoms with Crippen LogP contribution in [0.3, 0.4) is 0 Å². The molecule has 1 fully saturated rings. The second-order valence-corrected chi connectivity index (χ2v) is 9.26. The van der Waals surface area contributed by atoms with Crippen LogP contribution in [-0.4, -0.2) is 66.9 Å². The molecule has 2 aromatic rings. The van der Waals surface area contributed by atoms with Crippen LogP contribution in [-0.2, 0) is 19.1 Å². The summed E-state index contributed by atoms with van der Waals surface area (Å²) in [6.07, 6.45) is 0.717. The zero-order valence-corrected chi connectivity index (χ0v) is 20.1. The zero-order chi connectivity index (χ0) is 24.9. The number of carboxylic acids is 1. The average Bonchev–Trinajstić information content (AvgIpc) is 3.18. The maximum Gasteiger partial charge on any atom is 0.407 e. The second-order valence-electron chi connectivity index (χ2n) is 9.26. The highest BCUT2D eigenvalue weighted by Gasteiger charge is 2.36. The lowest BCUT2D eigenvalue weighted by Crippen LogP contribution is -2.55. The van der Waals surface area contributed by atoms with Crippen molar-refractivity contribution in [2.24, 2.45) is 5.92 Å². The van der Waals surface area contributed by atoms with Crippen molar-refractivity contribution < 1.29 is 29.0 Å². The lowest BCUT2D eigenvalue weighted by atomic mass is 9.92. The number of nitrogens with zero attached hydrogens (tertiary/aromatic N) is 1. The summed E-state index contributed by atoms with van der Waals surface area (Å²) >= 11 is 0. The molecule has 0 radical (unpaired) electrons. The maximum atomic E-state index is 13.3. The van der Waals surface area contributed by atoms with Gasteiger partial charge in [-0.3, -0.25) is 9.59 Å². The SMILES string of the molecule is COCCC(NC(=O)OCC1c2ccccc2-c2ccccc21)C(=O)N1CC(C(=O)O)CCC1C. The van der Waals surface area contributed by atoms with Gasteiger partial charge in [-0.25, -0.2) is 4.79 Å². The number of rotatable bonds is 8. The summed E-state index contributed by atoms with van der Waals surface area (Å²) in [5, 5.41) is 12.1. The van der Waals surface area contributed by atoms with E-state index in [0.717, 1.165) is 22.3 Å². The van der Waals surface area contributed by atoms with E-state index in [2.05, 4.69) is 17.4 Å². The van der Waals surface area contributed by atoms with Crippen molar-refractivity contribution in [2.45, 2.75) is 44.2 Å². The van der Waals surface area contributed by atoms with E-state index < -0.39 is 24.0 Å². The Labute approximate surface area is 205 Å². The van der Waals surface area contributed by atoms with Crippen molar-refractivity contribution in [3.8, 4) is 11.1 Å². The number of fused-ring (bicyclic) bond motifs is 3. The number of nitrogens with one attached hydrogen (secondary N) is 1. The first kappa shape index (κ1) is 24.7. The highest BCUT2D eigenvalue weighted by Crippen LogP contribution is 2.44. The van der Waals surface area contributed by atoms with Gasteiger partial charge in [-0.2, -0.15) is 0 Å². The largest absolute Gasteiger partial charge is 0.481 e. The molecule has 0 spiro atoms. The quantitative estimate of drug-likeness (QED) is 0.598. The van der Waals surface area contributed by atoms with Gasteiger partial charge >= 0.3 is 12.1 Å². The first-order valence-electron chi connectivity index (χ1n) is 12.0. The summed E-state index contributed by atoms with van der Waals surface area (Å²) in [6.45, 7) is 2.44. The number of carboxylic acid groups (broad SMARTS) is 1. The molecule has 8 heteroatoms. The fourth-order valence-electron chi connectivity index (χ4n) is 5.09. The van der Waals surface area contributed by atoms with E-state index in [9.17, 15) is 19.5 Å². The normalized spacial score (nSPS) is 20.0. The predicted molar refractivity (Wildman–Crippen MR) is 130 cm³/mol. The Kier molecular flexibility index (Phi) is 7.70. The molecule has 8 nitrogen and oxygen atoms in total. The van der Waals surface area contributed by atoms with E-state index in [-0.39, 0.29) is 44.0 Å². The summed E-state index contributed by atoms with van der Waals surface area (Å²) in [7, 11) is 1.53. The standard InChI is InChI=1S/C27H32N2O6/c1-17-11-12-18(26(31)32)15-29(17)25(30)24(13-14-34-2)28-27(33)35-16-23-21-9-5-3-7-19(21)20-8-4-6-10-22(20)23/h3-10,17-18,23-24H,11-16H2,1-2H3,(H,28,33)(H,31,32). The minimum Gasteiger partial charge on any atom is -0.481 e. The van der Waals surface area contributed by atoms with Gasteiger partial charge in [0.25, 0.3) is 0 Å². The molecule has 35 heavy (non-hydrogen) atoms. The average molecular weight is 481 g/mol. The van der Waals surface area contributed by atoms with Crippen molar-refractivity contribution in [1.82, 2.24) is 10.2 Å². The van der Waals surface area contributed by atoms with E-state index in [1.165, 1.54) is 7.11 Å². The zero-order valence-electron chi connectivity index (χ0n) is 20.1. The van der Waals surface area contributed by atoms with E-state index >= 15 is 0 Å². The van der Waals surface area contributed by atoms with Crippen molar-refractivity contribution in [1.29, 1.82) is 0 Å². The summed E-state index contributed by atoms with van der Waals surface area (Å²) in [5.41, 5.74) is 4.49. The van der Waals surface area contributed by atoms with Gasteiger partial charge in [-0.15, -0.1) is 0 Å². The van der Waals surface area contributed by atoms with Gasteiger partial charge in [0.05, 0.1) is 5.92 Å². The fraction of sp³-hybridized carbons (Fsp3) is 0.444. The monoisotopic (exact) mass is 480 g/mol. The molecule has 0 bridgehead atoms. The molecule has 2 N–H and O–H groups in total. The Balaban J connectivity index is 1.43. The summed E-state index contributed by atoms with van der Waals surface area (Å²) in [6, 6.07) is 15.2. The second kappa shape index (κ2) is 10.9. The number of likely N-dealkylation sites (tertiary alicyclic amines) is 1. The van der Waals surface area contributed by atoms with Gasteiger partial charge in [0.15, 0.2) is 0 Å². The van der Waals surface area contributed by atoms with Crippen LogP contribution in [0.15, 0.2) is 48.5 Å². The van der Waals surface area contributed by atoms with Gasteiger partial charge in [0.1, 0.15) is 12.6 Å². The number of carbonyl (C=O) groups excluding carboxylic acids is 2. The van der Waals surface area contributed by atoms with Crippen molar-refractivity contribution in [3.63, 3.8) is 0 Å². The number of alkyl carbamates (subject to hydrolysis) is 1. The molecule has 1 aliphatic heterocycles. The van der Waals surface area contributed by atoms with Crippen LogP contribution in [0.25, 0.3) is 11.1 Å². The molecular weight excluding hydrogens is 448 g/mol. The molecule has 2 aliphatic rings. The van der Waals surface area contributed by atoms with E-state index in [4.69, 9.17) is 9.47 Å². The topological polar surface area (TPSA) is 105 Å². The van der Waals surface area contributed by atoms with Gasteiger partial charge < -0.3 is 24.8 Å². The molecule has 2 aromatic carbocycles. The number of aliphatic carboxylic acids is 1. The third-order valence-corrected chi connectivity index (χ3v) is 7.06. The number of hydrogen-bond donors (Lipinski definition) is 2. The molecule has 1 aliphatic carbocycles. The summed E-state index contributed by atoms with van der Waals surface area (Å²) in [5.74, 6) is -1.91. The Morgan fingerprint density at radius 3 is 2.29 bits per heavy atom. The van der Waals surface area contributed by atoms with Crippen LogP contribution in [0.1, 0.15) is 43.2 Å². The smallest absolute Gasteiger partial charge is 0.407 e. The molecule has 0 saturated carbocycles. The number of ether oxygens (including phenoxy) is 2. The highest BCUT2D eigenvalue weighted by atomic mass is 16.5. The van der Waals surface area contributed by atoms with Crippen LogP contribution in [0, 0.1) is 5.92 Å². The third kappa shape index (κ3) is 5.32. The van der Waals surface area contributed by atoms with Crippen molar-refractivity contribution in [2.75, 3.05) is 26.9 Å². The van der Waals surface area contributed by atoms with Crippen molar-refractivity contribution >= 4 is 18.0 Å². The predicted octanol–water partition coefficient (Wildman–Crippen LogP) is 3.64. The molecule has 1 heterocycles. The lowest BCUT2D eigenvalue weighted by molar-refractivity contribution is -0.148. The Morgan fingerprint density at radius 2 is 1.69 bits per heavy atom. The molecule has 3 atom stereocenters. The third-order valence-electron chi connectivity index (χ3n) is 7.06. The molecule has 186 valence electrons. The Morgan fingerprint density at radius 1 is 1.06 bits per heavy atom. The van der Waals surface area contributed by atoms with Gasteiger partial charge in [-0.05, 0) is 42.0 Å².